The second-order valence-corrected chi connectivity index (χ2v) is 3.62. The number of amides is 1. The summed E-state index contributed by atoms with van der Waals surface area (Å²) in [4.78, 5) is 25.1. The maximum atomic E-state index is 11.8. The average molecular weight is 244 g/mol. The van der Waals surface area contributed by atoms with E-state index in [2.05, 4.69) is 10.3 Å². The Labute approximate surface area is 103 Å². The van der Waals surface area contributed by atoms with E-state index in [9.17, 15) is 9.59 Å². The van der Waals surface area contributed by atoms with Crippen LogP contribution in [0.15, 0.2) is 47.4 Å². The lowest BCUT2D eigenvalue weighted by molar-refractivity contribution is 0.102. The van der Waals surface area contributed by atoms with Gasteiger partial charge in [-0.3, -0.25) is 9.59 Å². The summed E-state index contributed by atoms with van der Waals surface area (Å²) in [5, 5.41) is 2.71. The van der Waals surface area contributed by atoms with Crippen molar-refractivity contribution in [3.8, 4) is 5.75 Å². The third-order valence-corrected chi connectivity index (χ3v) is 2.39. The zero-order chi connectivity index (χ0) is 13.0. The zero-order valence-electron chi connectivity index (χ0n) is 9.77. The number of anilines is 1. The van der Waals surface area contributed by atoms with Crippen LogP contribution >= 0.6 is 0 Å². The van der Waals surface area contributed by atoms with Gasteiger partial charge >= 0.3 is 0 Å². The SMILES string of the molecule is COc1ccc(NC(=O)c2ccc(=O)[nH]c2)cc1. The molecule has 1 amide bonds. The first-order valence-corrected chi connectivity index (χ1v) is 5.33. The number of pyridine rings is 1. The van der Waals surface area contributed by atoms with Gasteiger partial charge in [-0.05, 0) is 30.3 Å². The Bertz CT molecular complexity index is 582. The molecular formula is C13H12N2O3. The van der Waals surface area contributed by atoms with Gasteiger partial charge in [0.05, 0.1) is 12.7 Å². The van der Waals surface area contributed by atoms with Crippen molar-refractivity contribution in [3.63, 3.8) is 0 Å². The van der Waals surface area contributed by atoms with E-state index in [0.717, 1.165) is 5.75 Å². The monoisotopic (exact) mass is 244 g/mol. The normalized spacial score (nSPS) is 9.83. The van der Waals surface area contributed by atoms with Crippen molar-refractivity contribution in [2.75, 3.05) is 12.4 Å². The zero-order valence-corrected chi connectivity index (χ0v) is 9.77. The Balaban J connectivity index is 2.10. The molecule has 0 fully saturated rings. The first kappa shape index (κ1) is 11.9. The molecule has 1 aromatic carbocycles. The van der Waals surface area contributed by atoms with E-state index in [1.165, 1.54) is 18.3 Å². The lowest BCUT2D eigenvalue weighted by Crippen LogP contribution is -2.14. The molecule has 2 N–H and O–H groups in total. The number of hydrogen-bond donors (Lipinski definition) is 2. The molecule has 0 aliphatic heterocycles. The summed E-state index contributed by atoms with van der Waals surface area (Å²) in [5.74, 6) is 0.438. The molecule has 5 heteroatoms. The first-order valence-electron chi connectivity index (χ1n) is 5.33. The van der Waals surface area contributed by atoms with Crippen LogP contribution in [0.1, 0.15) is 10.4 Å². The van der Waals surface area contributed by atoms with Gasteiger partial charge in [-0.15, -0.1) is 0 Å². The molecule has 1 aromatic heterocycles. The fourth-order valence-corrected chi connectivity index (χ4v) is 1.43. The van der Waals surface area contributed by atoms with Gasteiger partial charge in [0.1, 0.15) is 5.75 Å². The smallest absolute Gasteiger partial charge is 0.257 e. The number of H-pyrrole nitrogens is 1. The summed E-state index contributed by atoms with van der Waals surface area (Å²) in [7, 11) is 1.58. The van der Waals surface area contributed by atoms with Crippen LogP contribution in [0, 0.1) is 0 Å². The Morgan fingerprint density at radius 2 is 1.89 bits per heavy atom. The average Bonchev–Trinajstić information content (AvgIpc) is 2.40. The van der Waals surface area contributed by atoms with E-state index >= 15 is 0 Å². The minimum atomic E-state index is -0.281. The highest BCUT2D eigenvalue weighted by atomic mass is 16.5. The predicted molar refractivity (Wildman–Crippen MR) is 68.0 cm³/mol. The molecule has 0 unspecified atom stereocenters. The van der Waals surface area contributed by atoms with Crippen LogP contribution < -0.4 is 15.6 Å². The Morgan fingerprint density at radius 1 is 1.17 bits per heavy atom. The summed E-state index contributed by atoms with van der Waals surface area (Å²) >= 11 is 0. The maximum Gasteiger partial charge on any atom is 0.257 e. The standard InChI is InChI=1S/C13H12N2O3/c1-18-11-5-3-10(4-6-11)15-13(17)9-2-7-12(16)14-8-9/h2-8H,1H3,(H,14,16)(H,15,17). The highest BCUT2D eigenvalue weighted by Gasteiger charge is 2.05. The number of benzene rings is 1. The van der Waals surface area contributed by atoms with Crippen molar-refractivity contribution < 1.29 is 9.53 Å². The van der Waals surface area contributed by atoms with Crippen LogP contribution in [0.25, 0.3) is 0 Å². The highest BCUT2D eigenvalue weighted by Crippen LogP contribution is 2.15. The number of methoxy groups -OCH3 is 1. The summed E-state index contributed by atoms with van der Waals surface area (Å²) < 4.78 is 5.02. The van der Waals surface area contributed by atoms with Crippen LogP contribution in [-0.4, -0.2) is 18.0 Å². The third-order valence-electron chi connectivity index (χ3n) is 2.39. The van der Waals surface area contributed by atoms with Gasteiger partial charge in [0, 0.05) is 18.0 Å². The van der Waals surface area contributed by atoms with Gasteiger partial charge in [0.2, 0.25) is 5.56 Å². The van der Waals surface area contributed by atoms with Crippen LogP contribution in [0.3, 0.4) is 0 Å². The van der Waals surface area contributed by atoms with Crippen molar-refractivity contribution in [1.82, 2.24) is 4.98 Å². The molecule has 0 bridgehead atoms. The van der Waals surface area contributed by atoms with Crippen LogP contribution in [0.4, 0.5) is 5.69 Å². The molecule has 0 aliphatic rings. The molecule has 0 atom stereocenters. The number of carbonyl (C=O) groups is 1. The highest BCUT2D eigenvalue weighted by molar-refractivity contribution is 6.04. The van der Waals surface area contributed by atoms with Gasteiger partial charge in [0.25, 0.3) is 5.91 Å². The molecule has 5 nitrogen and oxygen atoms in total. The molecule has 0 saturated heterocycles. The van der Waals surface area contributed by atoms with Crippen LogP contribution in [-0.2, 0) is 0 Å². The molecule has 18 heavy (non-hydrogen) atoms. The summed E-state index contributed by atoms with van der Waals surface area (Å²) in [5.41, 5.74) is 0.813. The molecule has 0 spiro atoms. The number of rotatable bonds is 3. The third kappa shape index (κ3) is 2.76. The number of hydrogen-bond acceptors (Lipinski definition) is 3. The van der Waals surface area contributed by atoms with Crippen LogP contribution in [0.2, 0.25) is 0 Å². The number of carbonyl (C=O) groups excluding carboxylic acids is 1. The second kappa shape index (κ2) is 5.18. The lowest BCUT2D eigenvalue weighted by atomic mass is 10.2. The molecular weight excluding hydrogens is 232 g/mol. The number of ether oxygens (including phenoxy) is 1. The lowest BCUT2D eigenvalue weighted by Gasteiger charge is -2.05. The van der Waals surface area contributed by atoms with Crippen molar-refractivity contribution in [2.45, 2.75) is 0 Å². The van der Waals surface area contributed by atoms with E-state index in [4.69, 9.17) is 4.74 Å². The molecule has 2 rings (SSSR count). The number of aromatic nitrogens is 1. The maximum absolute atomic E-state index is 11.8. The molecule has 2 aromatic rings. The van der Waals surface area contributed by atoms with Gasteiger partial charge < -0.3 is 15.0 Å². The topological polar surface area (TPSA) is 71.2 Å². The first-order chi connectivity index (χ1) is 8.69. The summed E-state index contributed by atoms with van der Waals surface area (Å²) in [6.07, 6.45) is 1.38. The van der Waals surface area contributed by atoms with Gasteiger partial charge in [0.15, 0.2) is 0 Å². The summed E-state index contributed by atoms with van der Waals surface area (Å²) in [6.45, 7) is 0. The van der Waals surface area contributed by atoms with Crippen molar-refractivity contribution in [2.24, 2.45) is 0 Å². The van der Waals surface area contributed by atoms with E-state index < -0.39 is 0 Å². The van der Waals surface area contributed by atoms with E-state index in [1.807, 2.05) is 0 Å². The quantitative estimate of drug-likeness (QED) is 0.862. The minimum absolute atomic E-state index is 0.240. The number of aromatic amines is 1. The molecule has 0 radical (unpaired) electrons. The number of nitrogens with one attached hydrogen (secondary N) is 2. The molecule has 1 heterocycles. The van der Waals surface area contributed by atoms with E-state index in [-0.39, 0.29) is 11.5 Å². The van der Waals surface area contributed by atoms with Crippen molar-refractivity contribution in [1.29, 1.82) is 0 Å². The Morgan fingerprint density at radius 3 is 2.44 bits per heavy atom. The summed E-state index contributed by atoms with van der Waals surface area (Å²) in [6, 6.07) is 9.76. The van der Waals surface area contributed by atoms with E-state index in [1.54, 1.807) is 31.4 Å². The molecule has 0 saturated carbocycles. The van der Waals surface area contributed by atoms with Gasteiger partial charge in [-0.25, -0.2) is 0 Å². The van der Waals surface area contributed by atoms with E-state index in [0.29, 0.717) is 11.3 Å². The second-order valence-electron chi connectivity index (χ2n) is 3.62. The molecule has 0 aliphatic carbocycles. The minimum Gasteiger partial charge on any atom is -0.497 e. The Kier molecular flexibility index (Phi) is 3.43. The van der Waals surface area contributed by atoms with Crippen LogP contribution in [0.5, 0.6) is 5.75 Å². The van der Waals surface area contributed by atoms with Crippen molar-refractivity contribution in [3.05, 3.63) is 58.5 Å². The predicted octanol–water partition coefficient (Wildman–Crippen LogP) is 1.64. The van der Waals surface area contributed by atoms with Gasteiger partial charge in [-0.2, -0.15) is 0 Å². The fraction of sp³-hybridized carbons (Fsp3) is 0.0769. The van der Waals surface area contributed by atoms with Gasteiger partial charge in [-0.1, -0.05) is 0 Å². The molecule has 92 valence electrons. The Hall–Kier alpha value is -2.56. The van der Waals surface area contributed by atoms with Crippen molar-refractivity contribution >= 4 is 11.6 Å². The fourth-order valence-electron chi connectivity index (χ4n) is 1.43. The largest absolute Gasteiger partial charge is 0.497 e.